The maximum absolute atomic E-state index is 13.4. The fourth-order valence-corrected chi connectivity index (χ4v) is 5.98. The first-order valence-corrected chi connectivity index (χ1v) is 14.8. The van der Waals surface area contributed by atoms with Crippen LogP contribution in [0.4, 0.5) is 13.2 Å². The Morgan fingerprint density at radius 1 is 1.13 bits per heavy atom. The van der Waals surface area contributed by atoms with Crippen molar-refractivity contribution >= 4 is 27.8 Å². The number of aryl methyl sites for hydroxylation is 1. The fraction of sp³-hybridized carbons (Fsp3) is 0.343. The highest BCUT2D eigenvalue weighted by Gasteiger charge is 2.34. The van der Waals surface area contributed by atoms with Crippen molar-refractivity contribution in [2.24, 2.45) is 0 Å². The molecule has 1 aliphatic heterocycles. The Morgan fingerprint density at radius 3 is 2.50 bits per heavy atom. The highest BCUT2D eigenvalue weighted by molar-refractivity contribution is 6.08. The second kappa shape index (κ2) is 12.3. The van der Waals surface area contributed by atoms with E-state index in [9.17, 15) is 27.9 Å². The molecule has 0 amide bonds. The summed E-state index contributed by atoms with van der Waals surface area (Å²) in [5.74, 6) is -0.973. The fourth-order valence-electron chi connectivity index (χ4n) is 5.98. The average Bonchev–Trinajstić information content (AvgIpc) is 2.98. The number of carbonyl (C=O) groups is 1. The molecule has 2 aromatic carbocycles. The zero-order valence-electron chi connectivity index (χ0n) is 26.4. The van der Waals surface area contributed by atoms with Crippen LogP contribution in [-0.2, 0) is 27.2 Å². The molecular formula is C35H35F3N2O6. The zero-order chi connectivity index (χ0) is 33.6. The van der Waals surface area contributed by atoms with Crippen molar-refractivity contribution in [1.82, 2.24) is 9.55 Å². The van der Waals surface area contributed by atoms with Crippen LogP contribution in [0.25, 0.3) is 32.9 Å². The van der Waals surface area contributed by atoms with Crippen molar-refractivity contribution in [3.8, 4) is 16.9 Å². The van der Waals surface area contributed by atoms with E-state index in [2.05, 4.69) is 4.74 Å². The lowest BCUT2D eigenvalue weighted by molar-refractivity contribution is -0.304. The molecule has 5 rings (SSSR count). The second-order valence-electron chi connectivity index (χ2n) is 12.0. The van der Waals surface area contributed by atoms with Crippen LogP contribution in [0.1, 0.15) is 57.4 Å². The summed E-state index contributed by atoms with van der Waals surface area (Å²) in [5.41, 5.74) is 2.82. The number of benzene rings is 2. The van der Waals surface area contributed by atoms with E-state index in [1.165, 1.54) is 29.7 Å². The van der Waals surface area contributed by atoms with Crippen LogP contribution in [0.5, 0.6) is 5.75 Å². The molecule has 1 atom stereocenters. The number of allylic oxidation sites excluding steroid dienone is 3. The van der Waals surface area contributed by atoms with Gasteiger partial charge in [0.2, 0.25) is 0 Å². The molecule has 0 saturated heterocycles. The number of nitrogens with zero attached hydrogens (tertiary/aromatic N) is 2. The number of aromatic nitrogens is 2. The Hall–Kier alpha value is -4.64. The Balaban J connectivity index is 1.86. The van der Waals surface area contributed by atoms with E-state index in [-0.39, 0.29) is 12.1 Å². The summed E-state index contributed by atoms with van der Waals surface area (Å²) in [6.45, 7) is 10.3. The molecule has 4 aromatic rings. The summed E-state index contributed by atoms with van der Waals surface area (Å²) in [5, 5.41) is 11.8. The first-order chi connectivity index (χ1) is 21.6. The third kappa shape index (κ3) is 6.37. The van der Waals surface area contributed by atoms with Crippen molar-refractivity contribution in [3.05, 3.63) is 93.1 Å². The lowest BCUT2D eigenvalue weighted by atomic mass is 9.86. The van der Waals surface area contributed by atoms with Crippen LogP contribution in [0.3, 0.4) is 0 Å². The van der Waals surface area contributed by atoms with Crippen LogP contribution in [0.2, 0.25) is 0 Å². The van der Waals surface area contributed by atoms with Gasteiger partial charge in [0.1, 0.15) is 11.5 Å². The number of pyridine rings is 2. The minimum atomic E-state index is -4.93. The highest BCUT2D eigenvalue weighted by Crippen LogP contribution is 2.45. The minimum Gasteiger partial charge on any atom is -0.493 e. The van der Waals surface area contributed by atoms with Gasteiger partial charge in [-0.25, -0.2) is 4.79 Å². The van der Waals surface area contributed by atoms with E-state index in [4.69, 9.17) is 14.5 Å². The monoisotopic (exact) mass is 636 g/mol. The molecule has 1 unspecified atom stereocenters. The van der Waals surface area contributed by atoms with Gasteiger partial charge < -0.3 is 23.9 Å². The molecular weight excluding hydrogens is 601 g/mol. The lowest BCUT2D eigenvalue weighted by Gasteiger charge is -2.29. The van der Waals surface area contributed by atoms with Crippen molar-refractivity contribution in [1.29, 1.82) is 0 Å². The van der Waals surface area contributed by atoms with Crippen LogP contribution in [0.15, 0.2) is 70.9 Å². The summed E-state index contributed by atoms with van der Waals surface area (Å²) in [6.07, 6.45) is -1.31. The van der Waals surface area contributed by atoms with Gasteiger partial charge in [-0.1, -0.05) is 6.08 Å². The van der Waals surface area contributed by atoms with Gasteiger partial charge in [0, 0.05) is 46.2 Å². The first kappa shape index (κ1) is 32.7. The molecule has 0 fully saturated rings. The molecule has 3 heterocycles. The second-order valence-corrected chi connectivity index (χ2v) is 12.0. The molecule has 0 bridgehead atoms. The van der Waals surface area contributed by atoms with Crippen LogP contribution in [0, 0.1) is 6.92 Å². The van der Waals surface area contributed by atoms with Gasteiger partial charge >= 0.3 is 12.3 Å². The number of carboxylic acid groups (broad SMARTS) is 1. The van der Waals surface area contributed by atoms with Gasteiger partial charge in [-0.2, -0.15) is 0 Å². The zero-order valence-corrected chi connectivity index (χ0v) is 26.4. The van der Waals surface area contributed by atoms with Gasteiger partial charge in [0.25, 0.3) is 5.56 Å². The van der Waals surface area contributed by atoms with E-state index < -0.39 is 35.4 Å². The first-order valence-electron chi connectivity index (χ1n) is 14.8. The number of alkyl halides is 3. The predicted octanol–water partition coefficient (Wildman–Crippen LogP) is 7.79. The van der Waals surface area contributed by atoms with Gasteiger partial charge in [-0.3, -0.25) is 9.78 Å². The summed E-state index contributed by atoms with van der Waals surface area (Å²) >= 11 is 0. The van der Waals surface area contributed by atoms with Gasteiger partial charge in [-0.15, -0.1) is 13.2 Å². The largest absolute Gasteiger partial charge is 0.573 e. The summed E-state index contributed by atoms with van der Waals surface area (Å²) in [4.78, 5) is 31.0. The maximum atomic E-state index is 13.4. The Morgan fingerprint density at radius 2 is 1.87 bits per heavy atom. The number of carboxylic acids is 1. The van der Waals surface area contributed by atoms with E-state index >= 15 is 0 Å². The van der Waals surface area contributed by atoms with Crippen LogP contribution < -0.4 is 10.3 Å². The molecule has 46 heavy (non-hydrogen) atoms. The number of hydrogen-bond acceptors (Lipinski definition) is 6. The van der Waals surface area contributed by atoms with Crippen molar-refractivity contribution in [2.45, 2.75) is 72.6 Å². The molecule has 1 aliphatic rings. The van der Waals surface area contributed by atoms with Crippen LogP contribution in [-0.4, -0.2) is 39.2 Å². The van der Waals surface area contributed by atoms with E-state index in [0.717, 1.165) is 10.9 Å². The summed E-state index contributed by atoms with van der Waals surface area (Å²) < 4.78 is 57.4. The Kier molecular flexibility index (Phi) is 8.74. The van der Waals surface area contributed by atoms with E-state index in [1.807, 2.05) is 18.2 Å². The van der Waals surface area contributed by atoms with Crippen LogP contribution >= 0.6 is 0 Å². The minimum absolute atomic E-state index is 0.137. The number of hydrogen-bond donors (Lipinski definition) is 1. The van der Waals surface area contributed by atoms with Gasteiger partial charge in [0.05, 0.1) is 29.8 Å². The number of ether oxygens (including phenoxy) is 3. The van der Waals surface area contributed by atoms with E-state index in [1.54, 1.807) is 52.9 Å². The Bertz CT molecular complexity index is 1960. The third-order valence-electron chi connectivity index (χ3n) is 7.82. The van der Waals surface area contributed by atoms with Crippen molar-refractivity contribution < 1.29 is 37.3 Å². The highest BCUT2D eigenvalue weighted by atomic mass is 19.4. The quantitative estimate of drug-likeness (QED) is 0.156. The molecule has 242 valence electrons. The smallest absolute Gasteiger partial charge is 0.493 e. The normalized spacial score (nSPS) is 14.8. The number of aliphatic carboxylic acids is 1. The number of halogens is 3. The molecule has 0 spiro atoms. The maximum Gasteiger partial charge on any atom is 0.573 e. The van der Waals surface area contributed by atoms with Crippen molar-refractivity contribution in [3.63, 3.8) is 0 Å². The molecule has 0 saturated carbocycles. The molecule has 8 nitrogen and oxygen atoms in total. The molecule has 2 aromatic heterocycles. The predicted molar refractivity (Wildman–Crippen MR) is 169 cm³/mol. The van der Waals surface area contributed by atoms with Crippen molar-refractivity contribution in [2.75, 3.05) is 6.61 Å². The van der Waals surface area contributed by atoms with Gasteiger partial charge in [-0.05, 0) is 94.6 Å². The van der Waals surface area contributed by atoms with E-state index in [0.29, 0.717) is 57.5 Å². The number of rotatable bonds is 8. The molecule has 0 aliphatic carbocycles. The molecule has 11 heteroatoms. The Labute approximate surface area is 263 Å². The summed E-state index contributed by atoms with van der Waals surface area (Å²) in [6, 6.07) is 10.2. The topological polar surface area (TPSA) is 99.9 Å². The number of fused-ring (bicyclic) bond motifs is 1. The SMILES string of the molecule is CC=C(Cn1c(=O)ccc2c(-c3ccc4c5c(ccnc35)CCO4)c(C(OC(C)(C)C)C(=O)O)c(C)cc21)C(=CC)OC(F)(F)F. The lowest BCUT2D eigenvalue weighted by Crippen LogP contribution is -2.28. The average molecular weight is 637 g/mol. The standard InChI is InChI=1S/C35H35F3N2O6/c1-7-20(25(8-2)45-35(36,37)38)18-40-24-17-19(3)28(32(33(42)43)46-34(4,5)6)30(22(24)10-12-27(40)41)23-9-11-26-29-21(14-16-44-26)13-15-39-31(23)29/h7-13,15,17,32H,14,16,18H2,1-6H3,(H,42,43). The van der Waals surface area contributed by atoms with Gasteiger partial charge in [0.15, 0.2) is 6.10 Å². The third-order valence-corrected chi connectivity index (χ3v) is 7.82. The molecule has 0 radical (unpaired) electrons. The molecule has 1 N–H and O–H groups in total. The summed E-state index contributed by atoms with van der Waals surface area (Å²) in [7, 11) is 0.